The molecular formula is C18H25FN2O2. The monoisotopic (exact) mass is 320 g/mol. The molecule has 1 heterocycles. The standard InChI is InChI=1S/C18H25FN2O2/c19-14-5-3-4-13(10-14)12-21(15-6-1-2-7-15)18(22)17-9-8-16(11-20)23-17/h3-5,10,15-17H,1-2,6-9,11-12,20H2/t16-,17+/m1/s1. The third-order valence-electron chi connectivity index (χ3n) is 4.94. The molecule has 2 atom stereocenters. The van der Waals surface area contributed by atoms with Crippen LogP contribution in [-0.4, -0.2) is 35.6 Å². The van der Waals surface area contributed by atoms with Crippen molar-refractivity contribution < 1.29 is 13.9 Å². The molecule has 1 saturated heterocycles. The quantitative estimate of drug-likeness (QED) is 0.907. The smallest absolute Gasteiger partial charge is 0.252 e. The minimum absolute atomic E-state index is 0.0106. The van der Waals surface area contributed by atoms with Crippen LogP contribution < -0.4 is 5.73 Å². The summed E-state index contributed by atoms with van der Waals surface area (Å²) in [5.41, 5.74) is 6.48. The Morgan fingerprint density at radius 1 is 1.26 bits per heavy atom. The van der Waals surface area contributed by atoms with Gasteiger partial charge in [-0.05, 0) is 43.4 Å². The fraction of sp³-hybridized carbons (Fsp3) is 0.611. The summed E-state index contributed by atoms with van der Waals surface area (Å²) in [4.78, 5) is 14.9. The van der Waals surface area contributed by atoms with Crippen molar-refractivity contribution in [1.82, 2.24) is 4.90 Å². The average Bonchev–Trinajstić information content (AvgIpc) is 3.23. The second kappa shape index (κ2) is 7.41. The van der Waals surface area contributed by atoms with Gasteiger partial charge in [-0.3, -0.25) is 4.79 Å². The first-order chi connectivity index (χ1) is 11.2. The lowest BCUT2D eigenvalue weighted by Crippen LogP contribution is -2.44. The molecule has 0 aromatic heterocycles. The van der Waals surface area contributed by atoms with E-state index in [4.69, 9.17) is 10.5 Å². The van der Waals surface area contributed by atoms with Crippen LogP contribution >= 0.6 is 0 Å². The van der Waals surface area contributed by atoms with Crippen LogP contribution in [0, 0.1) is 5.82 Å². The van der Waals surface area contributed by atoms with Crippen LogP contribution in [-0.2, 0) is 16.1 Å². The van der Waals surface area contributed by atoms with Gasteiger partial charge in [-0.2, -0.15) is 0 Å². The minimum atomic E-state index is -0.391. The summed E-state index contributed by atoms with van der Waals surface area (Å²) in [6.07, 6.45) is 5.50. The molecule has 1 aromatic carbocycles. The van der Waals surface area contributed by atoms with Crippen molar-refractivity contribution in [3.8, 4) is 0 Å². The Bertz CT molecular complexity index is 546. The van der Waals surface area contributed by atoms with Gasteiger partial charge in [-0.1, -0.05) is 25.0 Å². The normalized spacial score (nSPS) is 25.0. The fourth-order valence-corrected chi connectivity index (χ4v) is 3.68. The van der Waals surface area contributed by atoms with Gasteiger partial charge < -0.3 is 15.4 Å². The van der Waals surface area contributed by atoms with Crippen molar-refractivity contribution in [2.75, 3.05) is 6.54 Å². The second-order valence-corrected chi connectivity index (χ2v) is 6.59. The van der Waals surface area contributed by atoms with E-state index in [9.17, 15) is 9.18 Å². The first-order valence-electron chi connectivity index (χ1n) is 8.58. The van der Waals surface area contributed by atoms with Gasteiger partial charge in [0.2, 0.25) is 0 Å². The molecular weight excluding hydrogens is 295 g/mol. The van der Waals surface area contributed by atoms with Crippen LogP contribution in [0.2, 0.25) is 0 Å². The summed E-state index contributed by atoms with van der Waals surface area (Å²) in [5.74, 6) is -0.223. The molecule has 3 rings (SSSR count). The Morgan fingerprint density at radius 2 is 2.04 bits per heavy atom. The van der Waals surface area contributed by atoms with Gasteiger partial charge in [0.05, 0.1) is 6.10 Å². The maximum absolute atomic E-state index is 13.5. The number of carbonyl (C=O) groups is 1. The summed E-state index contributed by atoms with van der Waals surface area (Å²) in [6, 6.07) is 6.74. The molecule has 1 aromatic rings. The Labute approximate surface area is 136 Å². The van der Waals surface area contributed by atoms with Gasteiger partial charge in [-0.25, -0.2) is 4.39 Å². The van der Waals surface area contributed by atoms with Crippen molar-refractivity contribution >= 4 is 5.91 Å². The molecule has 0 unspecified atom stereocenters. The summed E-state index contributed by atoms with van der Waals surface area (Å²) in [5, 5.41) is 0. The van der Waals surface area contributed by atoms with E-state index < -0.39 is 6.10 Å². The van der Waals surface area contributed by atoms with Crippen LogP contribution in [0.5, 0.6) is 0 Å². The van der Waals surface area contributed by atoms with Crippen LogP contribution in [0.3, 0.4) is 0 Å². The predicted octanol–water partition coefficient (Wildman–Crippen LogP) is 2.60. The maximum Gasteiger partial charge on any atom is 0.252 e. The van der Waals surface area contributed by atoms with E-state index in [1.54, 1.807) is 6.07 Å². The lowest BCUT2D eigenvalue weighted by Gasteiger charge is -2.31. The van der Waals surface area contributed by atoms with Gasteiger partial charge in [-0.15, -0.1) is 0 Å². The van der Waals surface area contributed by atoms with E-state index in [2.05, 4.69) is 0 Å². The number of nitrogens with two attached hydrogens (primary N) is 1. The highest BCUT2D eigenvalue weighted by Crippen LogP contribution is 2.29. The Morgan fingerprint density at radius 3 is 2.70 bits per heavy atom. The molecule has 23 heavy (non-hydrogen) atoms. The first kappa shape index (κ1) is 16.4. The predicted molar refractivity (Wildman–Crippen MR) is 86.2 cm³/mol. The van der Waals surface area contributed by atoms with Gasteiger partial charge in [0.1, 0.15) is 11.9 Å². The third-order valence-corrected chi connectivity index (χ3v) is 4.94. The van der Waals surface area contributed by atoms with E-state index in [0.717, 1.165) is 44.1 Å². The van der Waals surface area contributed by atoms with Gasteiger partial charge in [0.25, 0.3) is 5.91 Å². The van der Waals surface area contributed by atoms with Crippen molar-refractivity contribution in [2.45, 2.75) is 63.3 Å². The molecule has 0 radical (unpaired) electrons. The summed E-state index contributed by atoms with van der Waals surface area (Å²) in [7, 11) is 0. The highest BCUT2D eigenvalue weighted by molar-refractivity contribution is 5.81. The zero-order chi connectivity index (χ0) is 16.2. The van der Waals surface area contributed by atoms with E-state index in [0.29, 0.717) is 13.1 Å². The number of rotatable bonds is 5. The Hall–Kier alpha value is -1.46. The van der Waals surface area contributed by atoms with Crippen molar-refractivity contribution in [2.24, 2.45) is 5.73 Å². The van der Waals surface area contributed by atoms with Gasteiger partial charge >= 0.3 is 0 Å². The number of hydrogen-bond donors (Lipinski definition) is 1. The fourth-order valence-electron chi connectivity index (χ4n) is 3.68. The molecule has 0 spiro atoms. The molecule has 0 bridgehead atoms. The molecule has 2 aliphatic rings. The van der Waals surface area contributed by atoms with E-state index >= 15 is 0 Å². The van der Waals surface area contributed by atoms with Crippen LogP contribution in [0.1, 0.15) is 44.1 Å². The van der Waals surface area contributed by atoms with E-state index in [-0.39, 0.29) is 23.9 Å². The second-order valence-electron chi connectivity index (χ2n) is 6.59. The summed E-state index contributed by atoms with van der Waals surface area (Å²) < 4.78 is 19.2. The lowest BCUT2D eigenvalue weighted by molar-refractivity contribution is -0.145. The van der Waals surface area contributed by atoms with Gasteiger partial charge in [0.15, 0.2) is 0 Å². The Balaban J connectivity index is 1.74. The average molecular weight is 320 g/mol. The molecule has 2 N–H and O–H groups in total. The molecule has 5 heteroatoms. The zero-order valence-electron chi connectivity index (χ0n) is 13.4. The number of benzene rings is 1. The Kier molecular flexibility index (Phi) is 5.28. The molecule has 1 amide bonds. The summed E-state index contributed by atoms with van der Waals surface area (Å²) >= 11 is 0. The minimum Gasteiger partial charge on any atom is -0.364 e. The maximum atomic E-state index is 13.5. The van der Waals surface area contributed by atoms with Crippen LogP contribution in [0.4, 0.5) is 4.39 Å². The first-order valence-corrected chi connectivity index (χ1v) is 8.58. The molecule has 1 aliphatic carbocycles. The summed E-state index contributed by atoms with van der Waals surface area (Å²) in [6.45, 7) is 0.908. The zero-order valence-corrected chi connectivity index (χ0v) is 13.4. The van der Waals surface area contributed by atoms with E-state index in [1.807, 2.05) is 11.0 Å². The number of nitrogens with zero attached hydrogens (tertiary/aromatic N) is 1. The number of halogens is 1. The van der Waals surface area contributed by atoms with Crippen molar-refractivity contribution in [1.29, 1.82) is 0 Å². The van der Waals surface area contributed by atoms with Crippen LogP contribution in [0.25, 0.3) is 0 Å². The van der Waals surface area contributed by atoms with Crippen molar-refractivity contribution in [3.05, 3.63) is 35.6 Å². The van der Waals surface area contributed by atoms with Gasteiger partial charge in [0, 0.05) is 19.1 Å². The molecule has 4 nitrogen and oxygen atoms in total. The molecule has 2 fully saturated rings. The molecule has 126 valence electrons. The third kappa shape index (κ3) is 3.90. The molecule has 1 saturated carbocycles. The van der Waals surface area contributed by atoms with E-state index in [1.165, 1.54) is 12.1 Å². The molecule has 1 aliphatic heterocycles. The highest BCUT2D eigenvalue weighted by Gasteiger charge is 2.36. The largest absolute Gasteiger partial charge is 0.364 e. The van der Waals surface area contributed by atoms with Crippen LogP contribution in [0.15, 0.2) is 24.3 Å². The number of hydrogen-bond acceptors (Lipinski definition) is 3. The number of ether oxygens (including phenoxy) is 1. The topological polar surface area (TPSA) is 55.6 Å². The lowest BCUT2D eigenvalue weighted by atomic mass is 10.1. The number of carbonyl (C=O) groups excluding carboxylic acids is 1. The number of amides is 1. The van der Waals surface area contributed by atoms with Crippen molar-refractivity contribution in [3.63, 3.8) is 0 Å². The highest BCUT2D eigenvalue weighted by atomic mass is 19.1. The SMILES string of the molecule is NC[C@H]1CC[C@@H](C(=O)N(Cc2cccc(F)c2)C2CCCC2)O1.